The molecule has 0 fully saturated rings. The van der Waals surface area contributed by atoms with Crippen molar-refractivity contribution in [1.29, 1.82) is 0 Å². The van der Waals surface area contributed by atoms with E-state index in [2.05, 4.69) is 18.4 Å². The van der Waals surface area contributed by atoms with Crippen molar-refractivity contribution in [2.24, 2.45) is 0 Å². The number of ether oxygens (including phenoxy) is 1. The largest absolute Gasteiger partial charge is 0.494 e. The minimum atomic E-state index is -0.307. The van der Waals surface area contributed by atoms with Gasteiger partial charge in [0, 0.05) is 23.3 Å². The van der Waals surface area contributed by atoms with E-state index in [-0.39, 0.29) is 18.4 Å². The highest BCUT2D eigenvalue weighted by atomic mass is 16.5. The van der Waals surface area contributed by atoms with Gasteiger partial charge in [-0.15, -0.1) is 0 Å². The lowest BCUT2D eigenvalue weighted by atomic mass is 10.1. The Balaban J connectivity index is 1.52. The predicted octanol–water partition coefficient (Wildman–Crippen LogP) is 8.87. The van der Waals surface area contributed by atoms with E-state index in [1.165, 1.54) is 75.5 Å². The average molecular weight is 572 g/mol. The monoisotopic (exact) mass is 571 g/mol. The van der Waals surface area contributed by atoms with Crippen LogP contribution >= 0.6 is 0 Å². The van der Waals surface area contributed by atoms with Gasteiger partial charge in [0.1, 0.15) is 18.8 Å². The van der Waals surface area contributed by atoms with Gasteiger partial charge in [-0.05, 0) is 56.2 Å². The number of nitrogens with zero attached hydrogens (tertiary/aromatic N) is 2. The number of carbonyl (C=O) groups excluding carboxylic acids is 2. The summed E-state index contributed by atoms with van der Waals surface area (Å²) in [4.78, 5) is 28.8. The molecule has 0 bridgehead atoms. The second-order valence-corrected chi connectivity index (χ2v) is 11.3. The highest BCUT2D eigenvalue weighted by Gasteiger charge is 2.28. The third-order valence-electron chi connectivity index (χ3n) is 7.90. The van der Waals surface area contributed by atoms with Gasteiger partial charge in [0.25, 0.3) is 11.8 Å². The Hall–Kier alpha value is -3.47. The summed E-state index contributed by atoms with van der Waals surface area (Å²) in [5, 5.41) is 0. The van der Waals surface area contributed by atoms with E-state index in [0.717, 1.165) is 30.0 Å². The van der Waals surface area contributed by atoms with E-state index in [9.17, 15) is 9.59 Å². The van der Waals surface area contributed by atoms with Crippen LogP contribution in [0.1, 0.15) is 123 Å². The summed E-state index contributed by atoms with van der Waals surface area (Å²) in [5.74, 6) is 0.152. The molecule has 0 spiro atoms. The summed E-state index contributed by atoms with van der Waals surface area (Å²) in [6, 6.07) is 20.4. The minimum absolute atomic E-state index is 0.192. The predicted molar refractivity (Wildman–Crippen MR) is 171 cm³/mol. The first-order chi connectivity index (χ1) is 20.5. The Morgan fingerprint density at radius 1 is 0.714 bits per heavy atom. The van der Waals surface area contributed by atoms with Crippen LogP contribution < -0.4 is 9.30 Å². The number of aryl methyl sites for hydroxylation is 2. The molecule has 3 rings (SSSR count). The molecule has 0 atom stereocenters. The van der Waals surface area contributed by atoms with Gasteiger partial charge >= 0.3 is 0 Å². The maximum absolute atomic E-state index is 13.8. The fourth-order valence-corrected chi connectivity index (χ4v) is 5.34. The first-order valence-electron chi connectivity index (χ1n) is 16.2. The molecule has 0 saturated carbocycles. The molecule has 5 heteroatoms. The van der Waals surface area contributed by atoms with Crippen molar-refractivity contribution in [1.82, 2.24) is 4.90 Å². The van der Waals surface area contributed by atoms with Crippen LogP contribution in [0.4, 0.5) is 0 Å². The molecule has 0 aliphatic carbocycles. The van der Waals surface area contributed by atoms with E-state index in [0.29, 0.717) is 17.7 Å². The topological polar surface area (TPSA) is 50.5 Å². The van der Waals surface area contributed by atoms with Gasteiger partial charge in [-0.2, -0.15) is 0 Å². The number of imide groups is 1. The van der Waals surface area contributed by atoms with Crippen molar-refractivity contribution in [3.63, 3.8) is 0 Å². The van der Waals surface area contributed by atoms with Gasteiger partial charge in [-0.3, -0.25) is 14.5 Å². The molecule has 0 radical (unpaired) electrons. The SMILES string of the molecule is CCCCCCCCCCCCCCOc1ccc(C(=O)N(Cc2cccc[n+]2CC)C(=O)c2ccccc2)c(C)c1. The second kappa shape index (κ2) is 18.9. The maximum Gasteiger partial charge on any atom is 0.261 e. The Morgan fingerprint density at radius 2 is 1.33 bits per heavy atom. The Labute approximate surface area is 253 Å². The zero-order chi connectivity index (χ0) is 30.0. The third kappa shape index (κ3) is 10.7. The fraction of sp³-hybridized carbons (Fsp3) is 0.486. The van der Waals surface area contributed by atoms with E-state index >= 15 is 0 Å². The smallest absolute Gasteiger partial charge is 0.261 e. The molecule has 0 unspecified atom stereocenters. The number of hydrogen-bond acceptors (Lipinski definition) is 3. The average Bonchev–Trinajstić information content (AvgIpc) is 3.02. The van der Waals surface area contributed by atoms with Crippen LogP contribution in [0.25, 0.3) is 0 Å². The minimum Gasteiger partial charge on any atom is -0.494 e. The van der Waals surface area contributed by atoms with Crippen LogP contribution in [0.15, 0.2) is 72.9 Å². The molecule has 0 saturated heterocycles. The van der Waals surface area contributed by atoms with Gasteiger partial charge in [0.05, 0.1) is 6.61 Å². The Bertz CT molecular complexity index is 1220. The van der Waals surface area contributed by atoms with Gasteiger partial charge in [0.2, 0.25) is 5.69 Å². The maximum atomic E-state index is 13.8. The van der Waals surface area contributed by atoms with Crippen LogP contribution in [0, 0.1) is 6.92 Å². The molecular weight excluding hydrogens is 520 g/mol. The molecule has 2 aromatic carbocycles. The van der Waals surface area contributed by atoms with E-state index < -0.39 is 0 Å². The van der Waals surface area contributed by atoms with Crippen LogP contribution in [0.5, 0.6) is 5.75 Å². The number of pyridine rings is 1. The molecule has 5 nitrogen and oxygen atoms in total. The Morgan fingerprint density at radius 3 is 1.95 bits per heavy atom. The van der Waals surface area contributed by atoms with Crippen molar-refractivity contribution < 1.29 is 18.9 Å². The zero-order valence-corrected chi connectivity index (χ0v) is 26.2. The highest BCUT2D eigenvalue weighted by Crippen LogP contribution is 2.21. The number of carbonyl (C=O) groups is 2. The lowest BCUT2D eigenvalue weighted by Gasteiger charge is -2.21. The number of rotatable bonds is 19. The van der Waals surface area contributed by atoms with E-state index in [1.807, 2.05) is 61.7 Å². The molecule has 1 aromatic heterocycles. The number of benzene rings is 2. The quantitative estimate of drug-likeness (QED) is 0.0820. The first-order valence-corrected chi connectivity index (χ1v) is 16.2. The molecular formula is C37H51N2O3+. The fourth-order valence-electron chi connectivity index (χ4n) is 5.34. The highest BCUT2D eigenvalue weighted by molar-refractivity contribution is 6.10. The third-order valence-corrected chi connectivity index (χ3v) is 7.90. The van der Waals surface area contributed by atoms with Crippen molar-refractivity contribution in [2.75, 3.05) is 6.61 Å². The first kappa shape index (κ1) is 33.0. The van der Waals surface area contributed by atoms with Crippen LogP contribution in [0.2, 0.25) is 0 Å². The van der Waals surface area contributed by atoms with Crippen LogP contribution in [-0.2, 0) is 13.1 Å². The van der Waals surface area contributed by atoms with Crippen LogP contribution in [-0.4, -0.2) is 23.3 Å². The summed E-state index contributed by atoms with van der Waals surface area (Å²) in [5.41, 5.74) is 2.70. The Kier molecular flexibility index (Phi) is 14.8. The second-order valence-electron chi connectivity index (χ2n) is 11.3. The van der Waals surface area contributed by atoms with Crippen LogP contribution in [0.3, 0.4) is 0 Å². The molecule has 1 heterocycles. The van der Waals surface area contributed by atoms with Gasteiger partial charge in [-0.1, -0.05) is 102 Å². The standard InChI is InChI=1S/C37H51N2O3/c1-4-6-7-8-9-10-11-12-13-14-15-21-28-42-34-25-26-35(31(3)29-34)37(41)39(36(40)32-22-17-16-18-23-32)30-33-24-19-20-27-38(33)5-2/h16-20,22-27,29H,4-15,21,28,30H2,1-3H3/q+1. The normalized spacial score (nSPS) is 10.9. The molecule has 226 valence electrons. The molecule has 0 N–H and O–H groups in total. The molecule has 0 aliphatic heterocycles. The number of aromatic nitrogens is 1. The van der Waals surface area contributed by atoms with Gasteiger partial charge in [0.15, 0.2) is 6.20 Å². The van der Waals surface area contributed by atoms with Crippen molar-refractivity contribution in [3.8, 4) is 5.75 Å². The molecule has 2 amide bonds. The van der Waals surface area contributed by atoms with E-state index in [4.69, 9.17) is 4.74 Å². The summed E-state index contributed by atoms with van der Waals surface area (Å²) in [6.45, 7) is 7.84. The number of amides is 2. The van der Waals surface area contributed by atoms with Gasteiger partial charge in [-0.25, -0.2) is 4.57 Å². The summed E-state index contributed by atoms with van der Waals surface area (Å²) in [6.07, 6.45) is 17.7. The molecule has 42 heavy (non-hydrogen) atoms. The molecule has 3 aromatic rings. The summed E-state index contributed by atoms with van der Waals surface area (Å²) >= 11 is 0. The van der Waals surface area contributed by atoms with Crippen molar-refractivity contribution in [2.45, 2.75) is 111 Å². The lowest BCUT2D eigenvalue weighted by molar-refractivity contribution is -0.701. The van der Waals surface area contributed by atoms with Crippen molar-refractivity contribution >= 4 is 11.8 Å². The van der Waals surface area contributed by atoms with Crippen molar-refractivity contribution in [3.05, 3.63) is 95.3 Å². The number of unbranched alkanes of at least 4 members (excludes halogenated alkanes) is 11. The summed E-state index contributed by atoms with van der Waals surface area (Å²) < 4.78 is 8.07. The molecule has 0 aliphatic rings. The summed E-state index contributed by atoms with van der Waals surface area (Å²) in [7, 11) is 0. The van der Waals surface area contributed by atoms with Gasteiger partial charge < -0.3 is 4.74 Å². The van der Waals surface area contributed by atoms with E-state index in [1.54, 1.807) is 18.2 Å². The number of hydrogen-bond donors (Lipinski definition) is 0. The zero-order valence-electron chi connectivity index (χ0n) is 26.2. The lowest BCUT2D eigenvalue weighted by Crippen LogP contribution is -2.43.